The smallest absolute Gasteiger partial charge is 0.0846 e. The predicted molar refractivity (Wildman–Crippen MR) is 88.2 cm³/mol. The zero-order valence-electron chi connectivity index (χ0n) is 10.9. The second-order valence-corrected chi connectivity index (χ2v) is 6.48. The van der Waals surface area contributed by atoms with E-state index in [0.29, 0.717) is 6.42 Å². The molecule has 0 fully saturated rings. The number of aromatic nitrogens is 2. The van der Waals surface area contributed by atoms with Gasteiger partial charge in [0, 0.05) is 16.5 Å². The quantitative estimate of drug-likeness (QED) is 0.742. The number of nitrogens with zero attached hydrogens (tertiary/aromatic N) is 2. The molecule has 1 aromatic heterocycles. The summed E-state index contributed by atoms with van der Waals surface area (Å²) in [6.45, 7) is 4.83. The lowest BCUT2D eigenvalue weighted by molar-refractivity contribution is 0.175. The van der Waals surface area contributed by atoms with Gasteiger partial charge in [0.25, 0.3) is 0 Å². The highest BCUT2D eigenvalue weighted by molar-refractivity contribution is 14.1. The molecule has 2 rings (SSSR count). The predicted octanol–water partition coefficient (Wildman–Crippen LogP) is 3.85. The maximum Gasteiger partial charge on any atom is 0.0846 e. The van der Waals surface area contributed by atoms with E-state index >= 15 is 0 Å². The van der Waals surface area contributed by atoms with Crippen molar-refractivity contribution in [2.45, 2.75) is 32.9 Å². The minimum atomic E-state index is -0.507. The molecule has 0 bridgehead atoms. The van der Waals surface area contributed by atoms with Crippen LogP contribution in [-0.2, 0) is 13.0 Å². The fourth-order valence-corrected chi connectivity index (χ4v) is 3.09. The molecule has 1 heterocycles. The number of hydrogen-bond donors (Lipinski definition) is 1. The van der Waals surface area contributed by atoms with Crippen LogP contribution in [0, 0.1) is 10.5 Å². The zero-order chi connectivity index (χ0) is 14.0. The summed E-state index contributed by atoms with van der Waals surface area (Å²) in [5.74, 6) is 0. The molecule has 0 amide bonds. The summed E-state index contributed by atoms with van der Waals surface area (Å²) in [5, 5.41) is 14.8. The van der Waals surface area contributed by atoms with Crippen molar-refractivity contribution in [2.75, 3.05) is 0 Å². The van der Waals surface area contributed by atoms with Crippen molar-refractivity contribution in [3.8, 4) is 0 Å². The summed E-state index contributed by atoms with van der Waals surface area (Å²) in [4.78, 5) is 0. The first-order chi connectivity index (χ1) is 9.02. The first kappa shape index (κ1) is 15.0. The van der Waals surface area contributed by atoms with Crippen molar-refractivity contribution in [3.63, 3.8) is 0 Å². The number of aryl methyl sites for hydroxylation is 2. The van der Waals surface area contributed by atoms with Crippen molar-refractivity contribution < 1.29 is 5.11 Å². The van der Waals surface area contributed by atoms with Crippen LogP contribution in [0.25, 0.3) is 0 Å². The van der Waals surface area contributed by atoms with Gasteiger partial charge >= 0.3 is 0 Å². The Morgan fingerprint density at radius 2 is 2.21 bits per heavy atom. The Balaban J connectivity index is 2.26. The molecule has 1 N–H and O–H groups in total. The van der Waals surface area contributed by atoms with Gasteiger partial charge < -0.3 is 5.11 Å². The topological polar surface area (TPSA) is 38.0 Å². The molecule has 0 aliphatic carbocycles. The Kier molecular flexibility index (Phi) is 5.03. The molecule has 1 atom stereocenters. The average molecular weight is 435 g/mol. The first-order valence-electron chi connectivity index (χ1n) is 6.18. The standard InChI is InChI=1S/C14H16BrIN2O/c1-3-18-12(14(15)9(2)17-18)8-13(19)10-5-4-6-11(16)7-10/h4-7,13,19H,3,8H2,1-2H3. The monoisotopic (exact) mass is 434 g/mol. The summed E-state index contributed by atoms with van der Waals surface area (Å²) >= 11 is 5.82. The summed E-state index contributed by atoms with van der Waals surface area (Å²) in [7, 11) is 0. The van der Waals surface area contributed by atoms with E-state index in [-0.39, 0.29) is 0 Å². The van der Waals surface area contributed by atoms with E-state index in [2.05, 4.69) is 50.5 Å². The highest BCUT2D eigenvalue weighted by Gasteiger charge is 2.17. The Hall–Kier alpha value is -0.400. The first-order valence-corrected chi connectivity index (χ1v) is 8.05. The number of benzene rings is 1. The molecule has 0 saturated carbocycles. The van der Waals surface area contributed by atoms with Crippen molar-refractivity contribution in [3.05, 3.63) is 49.3 Å². The zero-order valence-corrected chi connectivity index (χ0v) is 14.6. The van der Waals surface area contributed by atoms with Crippen LogP contribution in [-0.4, -0.2) is 14.9 Å². The molecule has 1 unspecified atom stereocenters. The van der Waals surface area contributed by atoms with Crippen molar-refractivity contribution in [1.82, 2.24) is 9.78 Å². The fourth-order valence-electron chi connectivity index (χ4n) is 2.08. The Bertz CT molecular complexity index is 583. The molecule has 0 radical (unpaired) electrons. The van der Waals surface area contributed by atoms with Crippen LogP contribution >= 0.6 is 38.5 Å². The molecule has 0 aliphatic rings. The lowest BCUT2D eigenvalue weighted by Gasteiger charge is -2.13. The minimum Gasteiger partial charge on any atom is -0.388 e. The summed E-state index contributed by atoms with van der Waals surface area (Å²) < 4.78 is 4.07. The lowest BCUT2D eigenvalue weighted by atomic mass is 10.0. The Morgan fingerprint density at radius 3 is 2.84 bits per heavy atom. The third-order valence-corrected chi connectivity index (χ3v) is 4.78. The third-order valence-electron chi connectivity index (χ3n) is 3.07. The summed E-state index contributed by atoms with van der Waals surface area (Å²) in [5.41, 5.74) is 2.96. The van der Waals surface area contributed by atoms with Crippen LogP contribution in [0.15, 0.2) is 28.7 Å². The maximum absolute atomic E-state index is 10.4. The third kappa shape index (κ3) is 3.38. The van der Waals surface area contributed by atoms with Gasteiger partial charge in [-0.15, -0.1) is 0 Å². The van der Waals surface area contributed by atoms with Crippen LogP contribution in [0.5, 0.6) is 0 Å². The molecule has 2 aromatic rings. The van der Waals surface area contributed by atoms with E-state index in [0.717, 1.165) is 31.5 Å². The molecule has 0 spiro atoms. The van der Waals surface area contributed by atoms with E-state index < -0.39 is 6.10 Å². The maximum atomic E-state index is 10.4. The minimum absolute atomic E-state index is 0.507. The van der Waals surface area contributed by atoms with Gasteiger partial charge in [0.2, 0.25) is 0 Å². The van der Waals surface area contributed by atoms with Crippen molar-refractivity contribution in [1.29, 1.82) is 0 Å². The van der Waals surface area contributed by atoms with Crippen molar-refractivity contribution in [2.24, 2.45) is 0 Å². The van der Waals surface area contributed by atoms with Gasteiger partial charge in [-0.1, -0.05) is 12.1 Å². The fraction of sp³-hybridized carbons (Fsp3) is 0.357. The number of aliphatic hydroxyl groups is 1. The van der Waals surface area contributed by atoms with Crippen molar-refractivity contribution >= 4 is 38.5 Å². The van der Waals surface area contributed by atoms with E-state index in [1.165, 1.54) is 0 Å². The Morgan fingerprint density at radius 1 is 1.47 bits per heavy atom. The molecule has 0 aliphatic heterocycles. The molecular formula is C14H16BrIN2O. The molecule has 3 nitrogen and oxygen atoms in total. The molecule has 1 aromatic carbocycles. The number of rotatable bonds is 4. The number of aliphatic hydroxyl groups excluding tert-OH is 1. The van der Waals surface area contributed by atoms with Gasteiger partial charge in [-0.3, -0.25) is 4.68 Å². The van der Waals surface area contributed by atoms with Gasteiger partial charge in [-0.25, -0.2) is 0 Å². The summed E-state index contributed by atoms with van der Waals surface area (Å²) in [6, 6.07) is 7.96. The number of hydrogen-bond acceptors (Lipinski definition) is 2. The number of halogens is 2. The van der Waals surface area contributed by atoms with Gasteiger partial charge in [0.05, 0.1) is 22.0 Å². The highest BCUT2D eigenvalue weighted by Crippen LogP contribution is 2.27. The molecule has 5 heteroatoms. The molecular weight excluding hydrogens is 419 g/mol. The van der Waals surface area contributed by atoms with Crippen LogP contribution in [0.4, 0.5) is 0 Å². The van der Waals surface area contributed by atoms with Crippen LogP contribution < -0.4 is 0 Å². The van der Waals surface area contributed by atoms with E-state index in [9.17, 15) is 5.11 Å². The molecule has 19 heavy (non-hydrogen) atoms. The second kappa shape index (κ2) is 6.37. The average Bonchev–Trinajstić information content (AvgIpc) is 2.66. The molecule has 102 valence electrons. The van der Waals surface area contributed by atoms with Crippen LogP contribution in [0.2, 0.25) is 0 Å². The van der Waals surface area contributed by atoms with Gasteiger partial charge in [-0.05, 0) is 70.1 Å². The van der Waals surface area contributed by atoms with E-state index in [4.69, 9.17) is 0 Å². The highest BCUT2D eigenvalue weighted by atomic mass is 127. The van der Waals surface area contributed by atoms with E-state index in [1.807, 2.05) is 35.9 Å². The van der Waals surface area contributed by atoms with Gasteiger partial charge in [0.15, 0.2) is 0 Å². The van der Waals surface area contributed by atoms with Crippen LogP contribution in [0.1, 0.15) is 30.0 Å². The van der Waals surface area contributed by atoms with Gasteiger partial charge in [-0.2, -0.15) is 5.10 Å². The SMILES string of the molecule is CCn1nc(C)c(Br)c1CC(O)c1cccc(I)c1. The largest absolute Gasteiger partial charge is 0.388 e. The van der Waals surface area contributed by atoms with Crippen LogP contribution in [0.3, 0.4) is 0 Å². The summed E-state index contributed by atoms with van der Waals surface area (Å²) in [6.07, 6.45) is 0.0578. The molecule has 0 saturated heterocycles. The normalized spacial score (nSPS) is 12.7. The second-order valence-electron chi connectivity index (χ2n) is 4.44. The van der Waals surface area contributed by atoms with Gasteiger partial charge in [0.1, 0.15) is 0 Å². The van der Waals surface area contributed by atoms with E-state index in [1.54, 1.807) is 0 Å². The Labute approximate surface area is 135 Å². The lowest BCUT2D eigenvalue weighted by Crippen LogP contribution is -2.09.